The van der Waals surface area contributed by atoms with Gasteiger partial charge in [-0.2, -0.15) is 0 Å². The number of aliphatic hydroxyl groups excluding tert-OH is 1. The van der Waals surface area contributed by atoms with Crippen LogP contribution >= 0.6 is 0 Å². The van der Waals surface area contributed by atoms with Gasteiger partial charge in [0.05, 0.1) is 0 Å². The second kappa shape index (κ2) is 9.54. The van der Waals surface area contributed by atoms with Crippen molar-refractivity contribution >= 4 is 5.82 Å². The first-order valence-electron chi connectivity index (χ1n) is 10.1. The Hall–Kier alpha value is -2.89. The summed E-state index contributed by atoms with van der Waals surface area (Å²) < 4.78 is 5.79. The number of rotatable bonds is 7. The molecule has 150 valence electrons. The number of pyridine rings is 1. The number of aromatic nitrogens is 1. The van der Waals surface area contributed by atoms with Crippen LogP contribution in [-0.2, 0) is 0 Å². The number of piperazine rings is 1. The monoisotopic (exact) mass is 389 g/mol. The molecule has 1 aliphatic heterocycles. The molecule has 1 saturated heterocycles. The molecule has 2 heterocycles. The molecule has 0 amide bonds. The lowest BCUT2D eigenvalue weighted by Crippen LogP contribution is -2.49. The fraction of sp³-hybridized carbons (Fsp3) is 0.292. The second-order valence-electron chi connectivity index (χ2n) is 7.33. The first-order valence-corrected chi connectivity index (χ1v) is 10.1. The minimum atomic E-state index is -0.509. The third-order valence-corrected chi connectivity index (χ3v) is 5.22. The molecular formula is C24H27N3O2. The van der Waals surface area contributed by atoms with E-state index in [0.29, 0.717) is 13.2 Å². The lowest BCUT2D eigenvalue weighted by atomic mass is 10.1. The molecule has 29 heavy (non-hydrogen) atoms. The predicted molar refractivity (Wildman–Crippen MR) is 116 cm³/mol. The predicted octanol–water partition coefficient (Wildman–Crippen LogP) is 3.31. The summed E-state index contributed by atoms with van der Waals surface area (Å²) in [6, 6.07) is 24.3. The molecule has 1 N–H and O–H groups in total. The molecule has 4 rings (SSSR count). The van der Waals surface area contributed by atoms with Crippen LogP contribution in [0.2, 0.25) is 0 Å². The van der Waals surface area contributed by atoms with Crippen molar-refractivity contribution in [3.63, 3.8) is 0 Å². The maximum absolute atomic E-state index is 10.4. The van der Waals surface area contributed by atoms with Crippen molar-refractivity contribution < 1.29 is 9.84 Å². The van der Waals surface area contributed by atoms with Gasteiger partial charge in [-0.05, 0) is 35.4 Å². The maximum atomic E-state index is 10.4. The minimum absolute atomic E-state index is 0.297. The third-order valence-electron chi connectivity index (χ3n) is 5.22. The zero-order valence-electron chi connectivity index (χ0n) is 16.5. The number of anilines is 1. The Bertz CT molecular complexity index is 864. The smallest absolute Gasteiger partial charge is 0.128 e. The summed E-state index contributed by atoms with van der Waals surface area (Å²) >= 11 is 0. The quantitative estimate of drug-likeness (QED) is 0.672. The van der Waals surface area contributed by atoms with Crippen LogP contribution < -0.4 is 9.64 Å². The van der Waals surface area contributed by atoms with Crippen LogP contribution in [0.25, 0.3) is 11.1 Å². The van der Waals surface area contributed by atoms with Crippen molar-refractivity contribution in [3.8, 4) is 16.9 Å². The van der Waals surface area contributed by atoms with Gasteiger partial charge >= 0.3 is 0 Å². The van der Waals surface area contributed by atoms with E-state index in [1.807, 2.05) is 66.9 Å². The van der Waals surface area contributed by atoms with Gasteiger partial charge in [0.25, 0.3) is 0 Å². The number of aliphatic hydroxyl groups is 1. The van der Waals surface area contributed by atoms with E-state index in [0.717, 1.165) is 43.3 Å². The number of hydrogen-bond donors (Lipinski definition) is 1. The lowest BCUT2D eigenvalue weighted by Gasteiger charge is -2.36. The minimum Gasteiger partial charge on any atom is -0.491 e. The average Bonchev–Trinajstić information content (AvgIpc) is 2.80. The van der Waals surface area contributed by atoms with Gasteiger partial charge in [-0.1, -0.05) is 48.5 Å². The Morgan fingerprint density at radius 3 is 2.21 bits per heavy atom. The summed E-state index contributed by atoms with van der Waals surface area (Å²) in [6.45, 7) is 4.60. The summed E-state index contributed by atoms with van der Waals surface area (Å²) in [5, 5.41) is 10.4. The first-order chi connectivity index (χ1) is 14.3. The normalized spacial score (nSPS) is 15.8. The Labute approximate surface area is 172 Å². The first kappa shape index (κ1) is 19.4. The Morgan fingerprint density at radius 1 is 0.828 bits per heavy atom. The molecule has 1 aliphatic rings. The van der Waals surface area contributed by atoms with Gasteiger partial charge in [-0.15, -0.1) is 0 Å². The fourth-order valence-electron chi connectivity index (χ4n) is 3.62. The maximum Gasteiger partial charge on any atom is 0.128 e. The zero-order chi connectivity index (χ0) is 19.9. The molecule has 5 nitrogen and oxygen atoms in total. The third kappa shape index (κ3) is 5.34. The summed E-state index contributed by atoms with van der Waals surface area (Å²) in [5.74, 6) is 1.80. The molecule has 0 radical (unpaired) electrons. The molecule has 1 aromatic heterocycles. The number of nitrogens with zero attached hydrogens (tertiary/aromatic N) is 3. The largest absolute Gasteiger partial charge is 0.491 e. The van der Waals surface area contributed by atoms with Gasteiger partial charge in [0.2, 0.25) is 0 Å². The lowest BCUT2D eigenvalue weighted by molar-refractivity contribution is 0.0662. The van der Waals surface area contributed by atoms with E-state index >= 15 is 0 Å². The molecule has 3 aromatic rings. The Kier molecular flexibility index (Phi) is 6.39. The molecule has 2 aromatic carbocycles. The van der Waals surface area contributed by atoms with Crippen molar-refractivity contribution in [1.29, 1.82) is 0 Å². The van der Waals surface area contributed by atoms with Gasteiger partial charge in [0, 0.05) is 38.9 Å². The molecule has 0 unspecified atom stereocenters. The van der Waals surface area contributed by atoms with Gasteiger partial charge in [0.1, 0.15) is 24.3 Å². The molecule has 5 heteroatoms. The SMILES string of the molecule is O[C@@H](COc1ccc(-c2ccccc2)cc1)CN1CCN(c2ccccn2)CC1. The standard InChI is InChI=1S/C24H27N3O2/c28-22(18-26-14-16-27(17-15-26)24-8-4-5-13-25-24)19-29-23-11-9-21(10-12-23)20-6-2-1-3-7-20/h1-13,22,28H,14-19H2/t22-/m1/s1. The Balaban J connectivity index is 1.21. The molecular weight excluding hydrogens is 362 g/mol. The van der Waals surface area contributed by atoms with Gasteiger partial charge in [-0.25, -0.2) is 4.98 Å². The van der Waals surface area contributed by atoms with E-state index in [1.54, 1.807) is 0 Å². The van der Waals surface area contributed by atoms with Crippen molar-refractivity contribution in [3.05, 3.63) is 79.0 Å². The number of β-amino-alcohol motifs (C(OH)–C–C–N with tert-alkyl or cyclic N) is 1. The van der Waals surface area contributed by atoms with E-state index in [2.05, 4.69) is 26.9 Å². The highest BCUT2D eigenvalue weighted by Crippen LogP contribution is 2.22. The van der Waals surface area contributed by atoms with Gasteiger partial charge in [0.15, 0.2) is 0 Å². The molecule has 0 aliphatic carbocycles. The van der Waals surface area contributed by atoms with E-state index < -0.39 is 6.10 Å². The van der Waals surface area contributed by atoms with E-state index in [-0.39, 0.29) is 0 Å². The number of ether oxygens (including phenoxy) is 1. The summed E-state index contributed by atoms with van der Waals surface area (Å²) in [6.07, 6.45) is 1.32. The highest BCUT2D eigenvalue weighted by Gasteiger charge is 2.20. The highest BCUT2D eigenvalue weighted by atomic mass is 16.5. The van der Waals surface area contributed by atoms with Crippen LogP contribution in [0.4, 0.5) is 5.82 Å². The summed E-state index contributed by atoms with van der Waals surface area (Å²) in [4.78, 5) is 8.98. The van der Waals surface area contributed by atoms with E-state index in [4.69, 9.17) is 4.74 Å². The van der Waals surface area contributed by atoms with Crippen molar-refractivity contribution in [1.82, 2.24) is 9.88 Å². The van der Waals surface area contributed by atoms with Crippen LogP contribution in [0.15, 0.2) is 79.0 Å². The molecule has 0 bridgehead atoms. The van der Waals surface area contributed by atoms with Crippen LogP contribution in [0.3, 0.4) is 0 Å². The van der Waals surface area contributed by atoms with Gasteiger partial charge in [-0.3, -0.25) is 4.90 Å². The molecule has 1 fully saturated rings. The molecule has 0 saturated carbocycles. The van der Waals surface area contributed by atoms with Crippen molar-refractivity contribution in [2.24, 2.45) is 0 Å². The zero-order valence-corrected chi connectivity index (χ0v) is 16.5. The van der Waals surface area contributed by atoms with Crippen molar-refractivity contribution in [2.75, 3.05) is 44.2 Å². The van der Waals surface area contributed by atoms with E-state index in [1.165, 1.54) is 5.56 Å². The summed E-state index contributed by atoms with van der Waals surface area (Å²) in [5.41, 5.74) is 2.34. The number of hydrogen-bond acceptors (Lipinski definition) is 5. The second-order valence-corrected chi connectivity index (χ2v) is 7.33. The summed E-state index contributed by atoms with van der Waals surface area (Å²) in [7, 11) is 0. The number of benzene rings is 2. The van der Waals surface area contributed by atoms with E-state index in [9.17, 15) is 5.11 Å². The van der Waals surface area contributed by atoms with Gasteiger partial charge < -0.3 is 14.7 Å². The molecule has 1 atom stereocenters. The fourth-order valence-corrected chi connectivity index (χ4v) is 3.62. The van der Waals surface area contributed by atoms with Crippen LogP contribution in [0, 0.1) is 0 Å². The highest BCUT2D eigenvalue weighted by molar-refractivity contribution is 5.63. The van der Waals surface area contributed by atoms with Crippen LogP contribution in [-0.4, -0.2) is 60.4 Å². The van der Waals surface area contributed by atoms with Crippen LogP contribution in [0.5, 0.6) is 5.75 Å². The van der Waals surface area contributed by atoms with Crippen LogP contribution in [0.1, 0.15) is 0 Å². The average molecular weight is 389 g/mol. The Morgan fingerprint density at radius 2 is 1.52 bits per heavy atom. The van der Waals surface area contributed by atoms with Crippen molar-refractivity contribution in [2.45, 2.75) is 6.10 Å². The topological polar surface area (TPSA) is 48.8 Å². The molecule has 0 spiro atoms.